The van der Waals surface area contributed by atoms with E-state index in [0.717, 1.165) is 23.2 Å². The number of benzene rings is 3. The van der Waals surface area contributed by atoms with Crippen molar-refractivity contribution in [1.29, 1.82) is 0 Å². The molecular weight excluding hydrogens is 420 g/mol. The van der Waals surface area contributed by atoms with Gasteiger partial charge in [-0.05, 0) is 41.9 Å². The highest BCUT2D eigenvalue weighted by atomic mass is 32.1. The Morgan fingerprint density at radius 3 is 2.31 bits per heavy atom. The lowest BCUT2D eigenvalue weighted by molar-refractivity contribution is 0.0748. The molecule has 1 saturated heterocycles. The molecule has 7 heteroatoms. The molecule has 1 aromatic heterocycles. The largest absolute Gasteiger partial charge is 0.368 e. The van der Waals surface area contributed by atoms with Gasteiger partial charge in [0.2, 0.25) is 0 Å². The highest BCUT2D eigenvalue weighted by Gasteiger charge is 2.25. The third kappa shape index (κ3) is 3.94. The lowest BCUT2D eigenvalue weighted by Crippen LogP contribution is -2.48. The molecule has 160 valence electrons. The van der Waals surface area contributed by atoms with Crippen molar-refractivity contribution < 1.29 is 9.59 Å². The molecule has 1 aliphatic heterocycles. The minimum Gasteiger partial charge on any atom is -0.368 e. The lowest BCUT2D eigenvalue weighted by atomic mass is 10.1. The van der Waals surface area contributed by atoms with Gasteiger partial charge in [0.25, 0.3) is 11.8 Å². The van der Waals surface area contributed by atoms with Gasteiger partial charge in [-0.3, -0.25) is 9.59 Å². The standard InChI is InChI=1S/C25H22N4O2S/c30-24(23-20-11-5-7-13-22(20)32-27-23)26-21-12-6-4-10-19(21)25(31)29-16-14-28(15-17-29)18-8-2-1-3-9-18/h1-13H,14-17H2,(H,26,30). The number of carbonyl (C=O) groups is 2. The first kappa shape index (κ1) is 20.2. The summed E-state index contributed by atoms with van der Waals surface area (Å²) in [5, 5.41) is 3.72. The van der Waals surface area contributed by atoms with E-state index in [4.69, 9.17) is 0 Å². The number of anilines is 2. The van der Waals surface area contributed by atoms with Crippen molar-refractivity contribution in [2.24, 2.45) is 0 Å². The first-order chi connectivity index (χ1) is 15.7. The van der Waals surface area contributed by atoms with Gasteiger partial charge < -0.3 is 15.1 Å². The molecule has 5 rings (SSSR count). The number of hydrogen-bond acceptors (Lipinski definition) is 5. The van der Waals surface area contributed by atoms with Crippen LogP contribution in [0.4, 0.5) is 11.4 Å². The van der Waals surface area contributed by atoms with Crippen molar-refractivity contribution >= 4 is 44.8 Å². The average Bonchev–Trinajstić information content (AvgIpc) is 3.29. The van der Waals surface area contributed by atoms with Crippen LogP contribution in [0.3, 0.4) is 0 Å². The fourth-order valence-electron chi connectivity index (χ4n) is 3.99. The molecule has 3 aromatic carbocycles. The van der Waals surface area contributed by atoms with E-state index in [2.05, 4.69) is 26.7 Å². The van der Waals surface area contributed by atoms with Gasteiger partial charge in [-0.1, -0.05) is 48.5 Å². The predicted octanol–water partition coefficient (Wildman–Crippen LogP) is 4.51. The maximum atomic E-state index is 13.3. The first-order valence-electron chi connectivity index (χ1n) is 10.5. The fraction of sp³-hybridized carbons (Fsp3) is 0.160. The quantitative estimate of drug-likeness (QED) is 0.505. The van der Waals surface area contributed by atoms with Crippen LogP contribution in [0.1, 0.15) is 20.8 Å². The second-order valence-corrected chi connectivity index (χ2v) is 8.45. The van der Waals surface area contributed by atoms with Gasteiger partial charge in [0.1, 0.15) is 5.69 Å². The molecule has 32 heavy (non-hydrogen) atoms. The van der Waals surface area contributed by atoms with Crippen molar-refractivity contribution in [3.8, 4) is 0 Å². The lowest BCUT2D eigenvalue weighted by Gasteiger charge is -2.36. The Hall–Kier alpha value is -3.71. The summed E-state index contributed by atoms with van der Waals surface area (Å²) in [6.07, 6.45) is 0. The van der Waals surface area contributed by atoms with Crippen molar-refractivity contribution in [1.82, 2.24) is 9.27 Å². The first-order valence-corrected chi connectivity index (χ1v) is 11.3. The van der Waals surface area contributed by atoms with E-state index in [9.17, 15) is 9.59 Å². The van der Waals surface area contributed by atoms with E-state index in [0.29, 0.717) is 30.0 Å². The molecule has 1 N–H and O–H groups in total. The van der Waals surface area contributed by atoms with Crippen LogP contribution in [0, 0.1) is 0 Å². The summed E-state index contributed by atoms with van der Waals surface area (Å²) in [5.74, 6) is -0.381. The fourth-order valence-corrected chi connectivity index (χ4v) is 4.76. The van der Waals surface area contributed by atoms with Crippen LogP contribution in [0.5, 0.6) is 0 Å². The summed E-state index contributed by atoms with van der Waals surface area (Å²) in [4.78, 5) is 30.4. The molecule has 1 fully saturated rings. The van der Waals surface area contributed by atoms with Gasteiger partial charge in [-0.25, -0.2) is 0 Å². The number of rotatable bonds is 4. The van der Waals surface area contributed by atoms with Crippen molar-refractivity contribution in [3.05, 3.63) is 90.1 Å². The van der Waals surface area contributed by atoms with E-state index in [1.54, 1.807) is 12.1 Å². The van der Waals surface area contributed by atoms with Gasteiger partial charge in [0, 0.05) is 37.3 Å². The number of aromatic nitrogens is 1. The third-order valence-electron chi connectivity index (χ3n) is 5.69. The van der Waals surface area contributed by atoms with Crippen molar-refractivity contribution in [2.45, 2.75) is 0 Å². The molecule has 4 aromatic rings. The molecule has 0 spiro atoms. The average molecular weight is 443 g/mol. The van der Waals surface area contributed by atoms with Crippen LogP contribution in [0.2, 0.25) is 0 Å². The minimum atomic E-state index is -0.309. The Morgan fingerprint density at radius 2 is 1.50 bits per heavy atom. The van der Waals surface area contributed by atoms with Crippen LogP contribution in [0.25, 0.3) is 10.1 Å². The second kappa shape index (κ2) is 8.80. The Bertz CT molecular complexity index is 1260. The van der Waals surface area contributed by atoms with Gasteiger partial charge >= 0.3 is 0 Å². The number of carbonyl (C=O) groups excluding carboxylic acids is 2. The number of nitrogens with zero attached hydrogens (tertiary/aromatic N) is 3. The topological polar surface area (TPSA) is 65.5 Å². The number of fused-ring (bicyclic) bond motifs is 1. The Balaban J connectivity index is 1.31. The number of hydrogen-bond donors (Lipinski definition) is 1. The molecule has 0 radical (unpaired) electrons. The highest BCUT2D eigenvalue weighted by Crippen LogP contribution is 2.25. The summed E-state index contributed by atoms with van der Waals surface area (Å²) in [6, 6.07) is 25.0. The van der Waals surface area contributed by atoms with Gasteiger partial charge in [-0.15, -0.1) is 0 Å². The van der Waals surface area contributed by atoms with Crippen LogP contribution in [-0.2, 0) is 0 Å². The molecule has 0 aliphatic carbocycles. The normalized spacial score (nSPS) is 13.9. The summed E-state index contributed by atoms with van der Waals surface area (Å²) in [5.41, 5.74) is 2.55. The van der Waals surface area contributed by atoms with E-state index in [1.807, 2.05) is 59.5 Å². The second-order valence-electron chi connectivity index (χ2n) is 7.64. The molecular formula is C25H22N4O2S. The van der Waals surface area contributed by atoms with E-state index in [1.165, 1.54) is 17.2 Å². The molecule has 2 amide bonds. The predicted molar refractivity (Wildman–Crippen MR) is 129 cm³/mol. The zero-order chi connectivity index (χ0) is 21.9. The number of piperazine rings is 1. The maximum Gasteiger partial charge on any atom is 0.276 e. The Labute approximate surface area is 190 Å². The van der Waals surface area contributed by atoms with Crippen LogP contribution < -0.4 is 10.2 Å². The van der Waals surface area contributed by atoms with Crippen molar-refractivity contribution in [2.75, 3.05) is 36.4 Å². The van der Waals surface area contributed by atoms with Crippen LogP contribution >= 0.6 is 11.5 Å². The molecule has 0 saturated carbocycles. The summed E-state index contributed by atoms with van der Waals surface area (Å²) < 4.78 is 5.28. The molecule has 0 bridgehead atoms. The monoisotopic (exact) mass is 442 g/mol. The van der Waals surface area contributed by atoms with Crippen LogP contribution in [0.15, 0.2) is 78.9 Å². The number of nitrogens with one attached hydrogen (secondary N) is 1. The molecule has 1 aliphatic rings. The zero-order valence-corrected chi connectivity index (χ0v) is 18.2. The molecule has 0 atom stereocenters. The smallest absolute Gasteiger partial charge is 0.276 e. The number of para-hydroxylation sites is 2. The molecule has 6 nitrogen and oxygen atoms in total. The van der Waals surface area contributed by atoms with E-state index >= 15 is 0 Å². The summed E-state index contributed by atoms with van der Waals surface area (Å²) in [6.45, 7) is 2.81. The van der Waals surface area contributed by atoms with Crippen LogP contribution in [-0.4, -0.2) is 47.3 Å². The molecule has 2 heterocycles. The van der Waals surface area contributed by atoms with Crippen molar-refractivity contribution in [3.63, 3.8) is 0 Å². The Kier molecular flexibility index (Phi) is 5.56. The SMILES string of the molecule is O=C(Nc1ccccc1C(=O)N1CCN(c2ccccc2)CC1)c1nsc2ccccc12. The Morgan fingerprint density at radius 1 is 0.812 bits per heavy atom. The van der Waals surface area contributed by atoms with Gasteiger partial charge in [0.15, 0.2) is 0 Å². The van der Waals surface area contributed by atoms with E-state index in [-0.39, 0.29) is 11.8 Å². The highest BCUT2D eigenvalue weighted by molar-refractivity contribution is 7.13. The zero-order valence-electron chi connectivity index (χ0n) is 17.4. The summed E-state index contributed by atoms with van der Waals surface area (Å²) >= 11 is 1.29. The van der Waals surface area contributed by atoms with Gasteiger partial charge in [0.05, 0.1) is 16.0 Å². The summed E-state index contributed by atoms with van der Waals surface area (Å²) in [7, 11) is 0. The van der Waals surface area contributed by atoms with E-state index < -0.39 is 0 Å². The van der Waals surface area contributed by atoms with Gasteiger partial charge in [-0.2, -0.15) is 4.37 Å². The molecule has 0 unspecified atom stereocenters. The third-order valence-corrected chi connectivity index (χ3v) is 6.51. The number of amides is 2. The minimum absolute atomic E-state index is 0.0725. The maximum absolute atomic E-state index is 13.3.